The fourth-order valence-corrected chi connectivity index (χ4v) is 3.89. The van der Waals surface area contributed by atoms with Crippen LogP contribution in [-0.2, 0) is 6.54 Å². The van der Waals surface area contributed by atoms with E-state index >= 15 is 0 Å². The van der Waals surface area contributed by atoms with Gasteiger partial charge in [0, 0.05) is 11.0 Å². The van der Waals surface area contributed by atoms with Crippen LogP contribution < -0.4 is 11.2 Å². The number of thioether (sulfide) groups is 1. The van der Waals surface area contributed by atoms with Gasteiger partial charge in [-0.15, -0.1) is 16.7 Å². The molecule has 0 aliphatic carbocycles. The van der Waals surface area contributed by atoms with Crippen LogP contribution in [0.2, 0.25) is 0 Å². The predicted molar refractivity (Wildman–Crippen MR) is 129 cm³/mol. The molecule has 0 spiro atoms. The summed E-state index contributed by atoms with van der Waals surface area (Å²) in [7, 11) is 0. The number of nitrogens with zero attached hydrogens (tertiary/aromatic N) is 3. The van der Waals surface area contributed by atoms with Crippen molar-refractivity contribution in [1.82, 2.24) is 9.13 Å². The van der Waals surface area contributed by atoms with E-state index in [-0.39, 0.29) is 12.1 Å². The summed E-state index contributed by atoms with van der Waals surface area (Å²) in [5.41, 5.74) is 3.29. The van der Waals surface area contributed by atoms with Crippen molar-refractivity contribution >= 4 is 17.4 Å². The summed E-state index contributed by atoms with van der Waals surface area (Å²) >= 11 is 1.62. The number of hydrogen-bond acceptors (Lipinski definition) is 5. The molecule has 3 aromatic carbocycles. The topological polar surface area (TPSA) is 73.4 Å². The third-order valence-corrected chi connectivity index (χ3v) is 5.99. The van der Waals surface area contributed by atoms with Crippen molar-refractivity contribution in [3.05, 3.63) is 116 Å². The summed E-state index contributed by atoms with van der Waals surface area (Å²) < 4.78 is 2.76. The van der Waals surface area contributed by atoms with Gasteiger partial charge < -0.3 is 0 Å². The molecule has 0 saturated carbocycles. The van der Waals surface area contributed by atoms with Gasteiger partial charge in [-0.05, 0) is 65.9 Å². The van der Waals surface area contributed by atoms with E-state index in [0.717, 1.165) is 21.6 Å². The lowest BCUT2D eigenvalue weighted by molar-refractivity contribution is 0.671. The van der Waals surface area contributed by atoms with Crippen molar-refractivity contribution < 1.29 is 0 Å². The smallest absolute Gasteiger partial charge is 0.269 e. The quantitative estimate of drug-likeness (QED) is 0.305. The van der Waals surface area contributed by atoms with Gasteiger partial charge in [-0.2, -0.15) is 0 Å². The Labute approximate surface area is 189 Å². The highest BCUT2D eigenvalue weighted by Crippen LogP contribution is 2.23. The van der Waals surface area contributed by atoms with E-state index in [1.54, 1.807) is 40.6 Å². The molecular formula is C25H21N3O3S. The lowest BCUT2D eigenvalue weighted by Crippen LogP contribution is -2.39. The second-order valence-electron chi connectivity index (χ2n) is 7.39. The molecule has 1 heterocycles. The summed E-state index contributed by atoms with van der Waals surface area (Å²) in [5.74, 6) is 0. The highest BCUT2D eigenvalue weighted by atomic mass is 32.2. The summed E-state index contributed by atoms with van der Waals surface area (Å²) in [6.45, 7) is 2.08. The molecule has 0 radical (unpaired) electrons. The average molecular weight is 444 g/mol. The van der Waals surface area contributed by atoms with Gasteiger partial charge in [0.15, 0.2) is 0 Å². The summed E-state index contributed by atoms with van der Waals surface area (Å²) in [5, 5.41) is 2.89. The van der Waals surface area contributed by atoms with Crippen molar-refractivity contribution in [2.45, 2.75) is 18.4 Å². The number of rotatable bonds is 6. The first kappa shape index (κ1) is 21.5. The van der Waals surface area contributed by atoms with Crippen LogP contribution in [0.15, 0.2) is 98.5 Å². The third kappa shape index (κ3) is 4.33. The molecular weight excluding hydrogens is 422 g/mol. The molecule has 0 aliphatic rings. The Morgan fingerprint density at radius 2 is 1.53 bits per heavy atom. The van der Waals surface area contributed by atoms with E-state index in [1.807, 2.05) is 61.7 Å². The van der Waals surface area contributed by atoms with Crippen LogP contribution in [0.5, 0.6) is 0 Å². The number of aryl methyl sites for hydroxylation is 1. The van der Waals surface area contributed by atoms with E-state index in [9.17, 15) is 14.5 Å². The molecule has 0 amide bonds. The summed E-state index contributed by atoms with van der Waals surface area (Å²) in [4.78, 5) is 38.3. The molecule has 0 fully saturated rings. The Kier molecular flexibility index (Phi) is 6.18. The largest absolute Gasteiger partial charge is 0.336 e. The van der Waals surface area contributed by atoms with Gasteiger partial charge in [-0.1, -0.05) is 42.0 Å². The van der Waals surface area contributed by atoms with Crippen LogP contribution >= 0.6 is 11.8 Å². The minimum atomic E-state index is -0.428. The first-order valence-electron chi connectivity index (χ1n) is 10.0. The molecule has 1 aromatic heterocycles. The normalized spacial score (nSPS) is 10.8. The second kappa shape index (κ2) is 9.20. The van der Waals surface area contributed by atoms with Gasteiger partial charge in [-0.3, -0.25) is 13.9 Å². The highest BCUT2D eigenvalue weighted by molar-refractivity contribution is 7.98. The van der Waals surface area contributed by atoms with Crippen molar-refractivity contribution in [1.29, 1.82) is 0 Å². The Morgan fingerprint density at radius 3 is 2.12 bits per heavy atom. The van der Waals surface area contributed by atoms with Gasteiger partial charge in [0.1, 0.15) is 5.69 Å². The molecule has 0 bridgehead atoms. The molecule has 0 N–H and O–H groups in total. The molecule has 0 aliphatic heterocycles. The van der Waals surface area contributed by atoms with E-state index in [0.29, 0.717) is 17.1 Å². The van der Waals surface area contributed by atoms with Crippen molar-refractivity contribution in [2.75, 3.05) is 6.26 Å². The maximum Gasteiger partial charge on any atom is 0.336 e. The molecule has 6 nitrogen and oxygen atoms in total. The zero-order chi connectivity index (χ0) is 22.7. The maximum absolute atomic E-state index is 13.6. The van der Waals surface area contributed by atoms with E-state index in [2.05, 4.69) is 5.18 Å². The standard InChI is InChI=1S/C25H21N3O3S/c1-17-3-7-19(8-4-17)23-15-24(29)27(16-18-5-9-20(26-31)10-6-18)25(30)28(23)21-11-13-22(32-2)14-12-21/h3-15H,16H2,1-2H3. The first-order valence-corrected chi connectivity index (χ1v) is 11.2. The van der Waals surface area contributed by atoms with Crippen LogP contribution in [-0.4, -0.2) is 15.4 Å². The fraction of sp³-hybridized carbons (Fsp3) is 0.120. The van der Waals surface area contributed by atoms with Crippen molar-refractivity contribution in [3.63, 3.8) is 0 Å². The lowest BCUT2D eigenvalue weighted by atomic mass is 10.1. The van der Waals surface area contributed by atoms with Crippen molar-refractivity contribution in [2.24, 2.45) is 5.18 Å². The van der Waals surface area contributed by atoms with Crippen LogP contribution in [0.4, 0.5) is 5.69 Å². The molecule has 0 saturated heterocycles. The van der Waals surface area contributed by atoms with Gasteiger partial charge in [0.25, 0.3) is 5.56 Å². The van der Waals surface area contributed by atoms with E-state index < -0.39 is 5.69 Å². The van der Waals surface area contributed by atoms with Gasteiger partial charge >= 0.3 is 5.69 Å². The molecule has 4 aromatic rings. The molecule has 0 unspecified atom stereocenters. The monoisotopic (exact) mass is 443 g/mol. The van der Waals surface area contributed by atoms with Crippen molar-refractivity contribution in [3.8, 4) is 16.9 Å². The van der Waals surface area contributed by atoms with Gasteiger partial charge in [0.05, 0.1) is 17.9 Å². The van der Waals surface area contributed by atoms with Crippen LogP contribution in [0.3, 0.4) is 0 Å². The zero-order valence-corrected chi connectivity index (χ0v) is 18.5. The molecule has 4 rings (SSSR count). The van der Waals surface area contributed by atoms with Crippen LogP contribution in [0.1, 0.15) is 11.1 Å². The number of benzene rings is 3. The maximum atomic E-state index is 13.6. The Morgan fingerprint density at radius 1 is 0.875 bits per heavy atom. The fourth-order valence-electron chi connectivity index (χ4n) is 3.49. The molecule has 7 heteroatoms. The minimum Gasteiger partial charge on any atom is -0.269 e. The van der Waals surface area contributed by atoms with Crippen LogP contribution in [0.25, 0.3) is 16.9 Å². The number of aromatic nitrogens is 2. The summed E-state index contributed by atoms with van der Waals surface area (Å²) in [6.07, 6.45) is 1.99. The molecule has 0 atom stereocenters. The summed E-state index contributed by atoms with van der Waals surface area (Å²) in [6, 6.07) is 23.4. The Bertz CT molecular complexity index is 1370. The predicted octanol–water partition coefficient (Wildman–Crippen LogP) is 5.14. The van der Waals surface area contributed by atoms with E-state index in [1.165, 1.54) is 10.6 Å². The third-order valence-electron chi connectivity index (χ3n) is 5.25. The molecule has 32 heavy (non-hydrogen) atoms. The molecule has 160 valence electrons. The second-order valence-corrected chi connectivity index (χ2v) is 8.27. The average Bonchev–Trinajstić information content (AvgIpc) is 2.82. The zero-order valence-electron chi connectivity index (χ0n) is 17.7. The SMILES string of the molecule is CSc1ccc(-n2c(-c3ccc(C)cc3)cc(=O)n(Cc3ccc(N=O)cc3)c2=O)cc1. The Hall–Kier alpha value is -3.71. The first-order chi connectivity index (χ1) is 15.5. The lowest BCUT2D eigenvalue weighted by Gasteiger charge is -2.16. The van der Waals surface area contributed by atoms with E-state index in [4.69, 9.17) is 0 Å². The van der Waals surface area contributed by atoms with Gasteiger partial charge in [-0.25, -0.2) is 4.79 Å². The number of hydrogen-bond donors (Lipinski definition) is 0. The van der Waals surface area contributed by atoms with Gasteiger partial charge in [0.2, 0.25) is 0 Å². The Balaban J connectivity index is 1.90. The number of nitroso groups, excluding NO2 is 1. The minimum absolute atomic E-state index is 0.0911. The highest BCUT2D eigenvalue weighted by Gasteiger charge is 2.15. The van der Waals surface area contributed by atoms with Crippen LogP contribution in [0, 0.1) is 11.8 Å².